The van der Waals surface area contributed by atoms with Gasteiger partial charge in [-0.3, -0.25) is 4.79 Å². The lowest BCUT2D eigenvalue weighted by Crippen LogP contribution is -2.05. The van der Waals surface area contributed by atoms with Gasteiger partial charge >= 0.3 is 0 Å². The number of hydrogen-bond acceptors (Lipinski definition) is 5. The van der Waals surface area contributed by atoms with E-state index in [2.05, 4.69) is 0 Å². The minimum atomic E-state index is -0.187. The van der Waals surface area contributed by atoms with Crippen molar-refractivity contribution in [1.29, 1.82) is 0 Å². The molecule has 4 rings (SSSR count). The van der Waals surface area contributed by atoms with Crippen molar-refractivity contribution in [2.45, 2.75) is 33.2 Å². The molecule has 1 atom stereocenters. The third kappa shape index (κ3) is 6.45. The van der Waals surface area contributed by atoms with E-state index in [-0.39, 0.29) is 6.10 Å². The van der Waals surface area contributed by atoms with E-state index in [0.717, 1.165) is 40.0 Å². The average molecular weight is 483 g/mol. The van der Waals surface area contributed by atoms with Crippen molar-refractivity contribution in [2.24, 2.45) is 0 Å². The Bertz CT molecular complexity index is 1300. The molecule has 0 saturated carbocycles. The number of carbonyl (C=O) groups excluding carboxylic acids is 1. The summed E-state index contributed by atoms with van der Waals surface area (Å²) >= 11 is 0. The Kier molecular flexibility index (Phi) is 8.24. The number of rotatable bonds is 11. The Balaban J connectivity index is 1.40. The number of ether oxygens (including phenoxy) is 4. The van der Waals surface area contributed by atoms with Crippen molar-refractivity contribution in [3.63, 3.8) is 0 Å². The summed E-state index contributed by atoms with van der Waals surface area (Å²) in [6.45, 7) is 4.77. The number of methoxy groups -OCH3 is 1. The standard InChI is InChI=1S/C31H30O5/c1-22-16-25(19-32)12-14-29(22)36-23(2)27-10-7-11-28(18-27)34-21-26-13-15-30(33-3)31(17-26)35-20-24-8-5-4-6-9-24/h4-19,23H,20-21H2,1-3H3. The van der Waals surface area contributed by atoms with Gasteiger partial charge in [-0.2, -0.15) is 0 Å². The van der Waals surface area contributed by atoms with Gasteiger partial charge in [-0.05, 0) is 78.6 Å². The van der Waals surface area contributed by atoms with Gasteiger partial charge in [0.15, 0.2) is 11.5 Å². The van der Waals surface area contributed by atoms with Gasteiger partial charge in [0.05, 0.1) is 7.11 Å². The van der Waals surface area contributed by atoms with Crippen LogP contribution in [0.4, 0.5) is 0 Å². The van der Waals surface area contributed by atoms with Gasteiger partial charge in [0, 0.05) is 5.56 Å². The number of aldehydes is 1. The highest BCUT2D eigenvalue weighted by molar-refractivity contribution is 5.75. The molecule has 1 unspecified atom stereocenters. The molecule has 0 saturated heterocycles. The van der Waals surface area contributed by atoms with Gasteiger partial charge in [-0.15, -0.1) is 0 Å². The summed E-state index contributed by atoms with van der Waals surface area (Å²) in [6.07, 6.45) is 0.649. The highest BCUT2D eigenvalue weighted by atomic mass is 16.5. The summed E-state index contributed by atoms with van der Waals surface area (Å²) in [6, 6.07) is 29.1. The van der Waals surface area contributed by atoms with E-state index < -0.39 is 0 Å². The molecule has 0 heterocycles. The minimum Gasteiger partial charge on any atom is -0.493 e. The summed E-state index contributed by atoms with van der Waals surface area (Å²) in [5.74, 6) is 2.85. The molecule has 0 bridgehead atoms. The van der Waals surface area contributed by atoms with Crippen molar-refractivity contribution in [3.8, 4) is 23.0 Å². The second-order valence-corrected chi connectivity index (χ2v) is 8.52. The smallest absolute Gasteiger partial charge is 0.162 e. The van der Waals surface area contributed by atoms with E-state index in [9.17, 15) is 4.79 Å². The molecular formula is C31H30O5. The molecule has 0 aliphatic heterocycles. The van der Waals surface area contributed by atoms with Crippen LogP contribution >= 0.6 is 0 Å². The van der Waals surface area contributed by atoms with E-state index in [1.165, 1.54) is 0 Å². The second-order valence-electron chi connectivity index (χ2n) is 8.52. The first-order valence-corrected chi connectivity index (χ1v) is 11.8. The fourth-order valence-electron chi connectivity index (χ4n) is 3.82. The molecule has 0 amide bonds. The second kappa shape index (κ2) is 11.9. The van der Waals surface area contributed by atoms with Crippen LogP contribution in [0.3, 0.4) is 0 Å². The number of hydrogen-bond donors (Lipinski definition) is 0. The van der Waals surface area contributed by atoms with Crippen molar-refractivity contribution < 1.29 is 23.7 Å². The lowest BCUT2D eigenvalue weighted by molar-refractivity contribution is 0.112. The van der Waals surface area contributed by atoms with E-state index in [0.29, 0.717) is 30.3 Å². The lowest BCUT2D eigenvalue weighted by Gasteiger charge is -2.18. The molecule has 0 radical (unpaired) electrons. The Morgan fingerprint density at radius 2 is 1.53 bits per heavy atom. The zero-order valence-electron chi connectivity index (χ0n) is 20.8. The van der Waals surface area contributed by atoms with Crippen LogP contribution in [0.15, 0.2) is 91.0 Å². The molecule has 0 fully saturated rings. The largest absolute Gasteiger partial charge is 0.493 e. The van der Waals surface area contributed by atoms with E-state index in [1.54, 1.807) is 13.2 Å². The Hall–Kier alpha value is -4.25. The first-order chi connectivity index (χ1) is 17.6. The highest BCUT2D eigenvalue weighted by Crippen LogP contribution is 2.30. The molecule has 5 nitrogen and oxygen atoms in total. The number of carbonyl (C=O) groups is 1. The summed E-state index contributed by atoms with van der Waals surface area (Å²) in [7, 11) is 1.63. The third-order valence-corrected chi connectivity index (χ3v) is 5.84. The third-order valence-electron chi connectivity index (χ3n) is 5.84. The normalized spacial score (nSPS) is 11.4. The minimum absolute atomic E-state index is 0.187. The fourth-order valence-corrected chi connectivity index (χ4v) is 3.82. The SMILES string of the molecule is COc1ccc(COc2cccc(C(C)Oc3ccc(C=O)cc3C)c2)cc1OCc1ccccc1. The maximum Gasteiger partial charge on any atom is 0.162 e. The molecule has 0 aliphatic rings. The lowest BCUT2D eigenvalue weighted by atomic mass is 10.1. The Morgan fingerprint density at radius 1 is 0.750 bits per heavy atom. The molecular weight excluding hydrogens is 452 g/mol. The number of benzene rings is 4. The predicted octanol–water partition coefficient (Wildman–Crippen LogP) is 7.11. The van der Waals surface area contributed by atoms with Gasteiger partial charge in [-0.25, -0.2) is 0 Å². The van der Waals surface area contributed by atoms with Crippen LogP contribution in [0.25, 0.3) is 0 Å². The van der Waals surface area contributed by atoms with Crippen molar-refractivity contribution in [2.75, 3.05) is 7.11 Å². The van der Waals surface area contributed by atoms with Crippen LogP contribution in [-0.2, 0) is 13.2 Å². The summed E-state index contributed by atoms with van der Waals surface area (Å²) in [4.78, 5) is 11.0. The summed E-state index contributed by atoms with van der Waals surface area (Å²) in [5.41, 5.74) is 4.61. The van der Waals surface area contributed by atoms with E-state index in [4.69, 9.17) is 18.9 Å². The molecule has 36 heavy (non-hydrogen) atoms. The molecule has 0 spiro atoms. The van der Waals surface area contributed by atoms with Crippen LogP contribution in [0, 0.1) is 6.92 Å². The maximum absolute atomic E-state index is 11.0. The van der Waals surface area contributed by atoms with Crippen LogP contribution in [0.2, 0.25) is 0 Å². The Morgan fingerprint density at radius 3 is 2.28 bits per heavy atom. The van der Waals surface area contributed by atoms with Gasteiger partial charge < -0.3 is 18.9 Å². The van der Waals surface area contributed by atoms with Crippen molar-refractivity contribution in [1.82, 2.24) is 0 Å². The maximum atomic E-state index is 11.0. The highest BCUT2D eigenvalue weighted by Gasteiger charge is 2.12. The molecule has 4 aromatic carbocycles. The van der Waals surface area contributed by atoms with Crippen LogP contribution < -0.4 is 18.9 Å². The van der Waals surface area contributed by atoms with Crippen molar-refractivity contribution >= 4 is 6.29 Å². The molecule has 0 aromatic heterocycles. The van der Waals surface area contributed by atoms with Crippen LogP contribution in [0.5, 0.6) is 23.0 Å². The van der Waals surface area contributed by atoms with Gasteiger partial charge in [0.25, 0.3) is 0 Å². The van der Waals surface area contributed by atoms with E-state index in [1.807, 2.05) is 98.8 Å². The molecule has 0 N–H and O–H groups in total. The zero-order chi connectivity index (χ0) is 25.3. The average Bonchev–Trinajstić information content (AvgIpc) is 2.92. The first kappa shape index (κ1) is 24.9. The zero-order valence-corrected chi connectivity index (χ0v) is 20.8. The molecule has 0 aliphatic carbocycles. The topological polar surface area (TPSA) is 54.0 Å². The fraction of sp³-hybridized carbons (Fsp3) is 0.194. The molecule has 4 aromatic rings. The van der Waals surface area contributed by atoms with Gasteiger partial charge in [0.1, 0.15) is 37.1 Å². The van der Waals surface area contributed by atoms with Crippen LogP contribution in [0.1, 0.15) is 45.6 Å². The van der Waals surface area contributed by atoms with Gasteiger partial charge in [-0.1, -0.05) is 48.5 Å². The van der Waals surface area contributed by atoms with Gasteiger partial charge in [0.2, 0.25) is 0 Å². The first-order valence-electron chi connectivity index (χ1n) is 11.8. The quantitative estimate of drug-likeness (QED) is 0.213. The summed E-state index contributed by atoms with van der Waals surface area (Å²) < 4.78 is 23.7. The monoisotopic (exact) mass is 482 g/mol. The number of aryl methyl sites for hydroxylation is 1. The van der Waals surface area contributed by atoms with Crippen molar-refractivity contribution in [3.05, 3.63) is 119 Å². The summed E-state index contributed by atoms with van der Waals surface area (Å²) in [5, 5.41) is 0. The Labute approximate surface area is 212 Å². The van der Waals surface area contributed by atoms with E-state index >= 15 is 0 Å². The molecule has 184 valence electrons. The predicted molar refractivity (Wildman–Crippen MR) is 140 cm³/mol. The molecule has 5 heteroatoms. The van der Waals surface area contributed by atoms with Crippen LogP contribution in [-0.4, -0.2) is 13.4 Å².